The molecule has 0 aliphatic heterocycles. The van der Waals surface area contributed by atoms with Crippen molar-refractivity contribution in [2.75, 3.05) is 6.61 Å². The lowest BCUT2D eigenvalue weighted by atomic mass is 10.1. The van der Waals surface area contributed by atoms with Gasteiger partial charge in [-0.15, -0.1) is 0 Å². The number of unbranched alkanes of at least 4 members (excludes halogenated alkanes) is 8. The molecule has 1 saturated carbocycles. The van der Waals surface area contributed by atoms with Crippen LogP contribution in [0.1, 0.15) is 89.9 Å². The molecule has 0 aromatic carbocycles. The molecule has 0 bridgehead atoms. The van der Waals surface area contributed by atoms with Gasteiger partial charge in [-0.1, -0.05) is 71.1 Å². The van der Waals surface area contributed by atoms with E-state index in [9.17, 15) is 4.79 Å². The minimum absolute atomic E-state index is 0.0207. The monoisotopic (exact) mass is 281 g/mol. The first-order valence-corrected chi connectivity index (χ1v) is 8.78. The van der Waals surface area contributed by atoms with Crippen molar-refractivity contribution in [1.82, 2.24) is 0 Å². The molecule has 1 aliphatic carbocycles. The zero-order valence-corrected chi connectivity index (χ0v) is 13.2. The van der Waals surface area contributed by atoms with Crippen molar-refractivity contribution in [3.63, 3.8) is 0 Å². The van der Waals surface area contributed by atoms with Crippen molar-refractivity contribution in [1.29, 1.82) is 0 Å². The summed E-state index contributed by atoms with van der Waals surface area (Å²) >= 11 is 0. The Morgan fingerprint density at radius 2 is 1.45 bits per heavy atom. The molecule has 1 radical (unpaired) electrons. The predicted molar refractivity (Wildman–Crippen MR) is 84.4 cm³/mol. The van der Waals surface area contributed by atoms with Crippen LogP contribution in [0.4, 0.5) is 0 Å². The molecular weight excluding hydrogens is 248 g/mol. The summed E-state index contributed by atoms with van der Waals surface area (Å²) in [5.41, 5.74) is 0. The summed E-state index contributed by atoms with van der Waals surface area (Å²) in [5, 5.41) is 0. The Bertz CT molecular complexity index is 232. The number of esters is 1. The third-order valence-electron chi connectivity index (χ3n) is 4.34. The van der Waals surface area contributed by atoms with Crippen LogP contribution in [-0.4, -0.2) is 12.6 Å². The van der Waals surface area contributed by atoms with Crippen LogP contribution in [0, 0.1) is 12.8 Å². The van der Waals surface area contributed by atoms with Gasteiger partial charge in [0.25, 0.3) is 0 Å². The van der Waals surface area contributed by atoms with E-state index in [0.717, 1.165) is 12.8 Å². The Morgan fingerprint density at radius 3 is 2.05 bits per heavy atom. The van der Waals surface area contributed by atoms with Gasteiger partial charge in [-0.3, -0.25) is 4.79 Å². The standard InChI is InChI=1S/C18H33O2/c1-2-3-4-5-6-7-8-9-10-15-18(19)20-16-17-13-11-12-14-17/h17H,1-16H2. The van der Waals surface area contributed by atoms with Crippen LogP contribution >= 0.6 is 0 Å². The number of carbonyl (C=O) groups excluding carboxylic acids is 1. The summed E-state index contributed by atoms with van der Waals surface area (Å²) in [4.78, 5) is 11.6. The van der Waals surface area contributed by atoms with Gasteiger partial charge in [0.2, 0.25) is 0 Å². The highest BCUT2D eigenvalue weighted by Crippen LogP contribution is 2.24. The minimum Gasteiger partial charge on any atom is -0.465 e. The summed E-state index contributed by atoms with van der Waals surface area (Å²) < 4.78 is 5.35. The maximum Gasteiger partial charge on any atom is 0.305 e. The van der Waals surface area contributed by atoms with Crippen molar-refractivity contribution in [2.24, 2.45) is 5.92 Å². The first kappa shape index (κ1) is 17.5. The second-order valence-corrected chi connectivity index (χ2v) is 6.27. The maximum absolute atomic E-state index is 11.6. The van der Waals surface area contributed by atoms with Gasteiger partial charge < -0.3 is 4.74 Å². The lowest BCUT2D eigenvalue weighted by Gasteiger charge is -2.09. The smallest absolute Gasteiger partial charge is 0.305 e. The molecule has 1 fully saturated rings. The van der Waals surface area contributed by atoms with Crippen LogP contribution in [0.5, 0.6) is 0 Å². The zero-order valence-electron chi connectivity index (χ0n) is 13.2. The van der Waals surface area contributed by atoms with Gasteiger partial charge in [-0.05, 0) is 25.2 Å². The summed E-state index contributed by atoms with van der Waals surface area (Å²) in [6, 6.07) is 0. The normalized spacial score (nSPS) is 15.7. The van der Waals surface area contributed by atoms with Gasteiger partial charge in [0.05, 0.1) is 6.61 Å². The molecule has 0 aromatic rings. The summed E-state index contributed by atoms with van der Waals surface area (Å²) in [5.74, 6) is 0.671. The van der Waals surface area contributed by atoms with E-state index in [1.165, 1.54) is 70.6 Å². The van der Waals surface area contributed by atoms with E-state index in [-0.39, 0.29) is 5.97 Å². The van der Waals surface area contributed by atoms with E-state index < -0.39 is 0 Å². The van der Waals surface area contributed by atoms with Gasteiger partial charge in [0.15, 0.2) is 0 Å². The third kappa shape index (κ3) is 9.39. The highest BCUT2D eigenvalue weighted by Gasteiger charge is 2.16. The van der Waals surface area contributed by atoms with Crippen LogP contribution < -0.4 is 0 Å². The molecule has 0 N–H and O–H groups in total. The van der Waals surface area contributed by atoms with Gasteiger partial charge in [-0.25, -0.2) is 0 Å². The quantitative estimate of drug-likeness (QED) is 0.351. The molecule has 0 heterocycles. The van der Waals surface area contributed by atoms with Gasteiger partial charge in [0, 0.05) is 6.42 Å². The lowest BCUT2D eigenvalue weighted by molar-refractivity contribution is -0.145. The van der Waals surface area contributed by atoms with E-state index >= 15 is 0 Å². The fourth-order valence-corrected chi connectivity index (χ4v) is 2.97. The molecule has 0 aromatic heterocycles. The lowest BCUT2D eigenvalue weighted by Crippen LogP contribution is -2.11. The molecule has 1 aliphatic rings. The first-order chi connectivity index (χ1) is 9.83. The first-order valence-electron chi connectivity index (χ1n) is 8.78. The number of carbonyl (C=O) groups is 1. The Labute approximate surface area is 125 Å². The number of rotatable bonds is 12. The number of hydrogen-bond donors (Lipinski definition) is 0. The molecule has 0 spiro atoms. The SMILES string of the molecule is [CH2]CCCCCCCCCCC(=O)OCC1CCCC1. The van der Waals surface area contributed by atoms with Gasteiger partial charge in [-0.2, -0.15) is 0 Å². The van der Waals surface area contributed by atoms with Crippen LogP contribution in [0.3, 0.4) is 0 Å². The minimum atomic E-state index is 0.0207. The van der Waals surface area contributed by atoms with Crippen LogP contribution in [0.15, 0.2) is 0 Å². The van der Waals surface area contributed by atoms with Gasteiger partial charge >= 0.3 is 5.97 Å². The van der Waals surface area contributed by atoms with E-state index in [1.807, 2.05) is 0 Å². The van der Waals surface area contributed by atoms with Crippen molar-refractivity contribution in [3.8, 4) is 0 Å². The maximum atomic E-state index is 11.6. The van der Waals surface area contributed by atoms with Gasteiger partial charge in [0.1, 0.15) is 0 Å². The second-order valence-electron chi connectivity index (χ2n) is 6.27. The second kappa shape index (κ2) is 12.2. The van der Waals surface area contributed by atoms with Crippen molar-refractivity contribution < 1.29 is 9.53 Å². The highest BCUT2D eigenvalue weighted by atomic mass is 16.5. The largest absolute Gasteiger partial charge is 0.465 e. The Kier molecular flexibility index (Phi) is 10.7. The van der Waals surface area contributed by atoms with Crippen molar-refractivity contribution in [3.05, 3.63) is 6.92 Å². The van der Waals surface area contributed by atoms with Crippen LogP contribution in [-0.2, 0) is 9.53 Å². The fourth-order valence-electron chi connectivity index (χ4n) is 2.97. The number of hydrogen-bond acceptors (Lipinski definition) is 2. The Morgan fingerprint density at radius 1 is 0.900 bits per heavy atom. The van der Waals surface area contributed by atoms with E-state index in [0.29, 0.717) is 18.9 Å². The van der Waals surface area contributed by atoms with Crippen molar-refractivity contribution in [2.45, 2.75) is 89.9 Å². The molecule has 0 saturated heterocycles. The Balaban J connectivity index is 1.79. The molecule has 2 nitrogen and oxygen atoms in total. The molecule has 0 atom stereocenters. The van der Waals surface area contributed by atoms with E-state index in [1.54, 1.807) is 0 Å². The molecule has 20 heavy (non-hydrogen) atoms. The van der Waals surface area contributed by atoms with Crippen LogP contribution in [0.25, 0.3) is 0 Å². The molecule has 2 heteroatoms. The Hall–Kier alpha value is -0.530. The van der Waals surface area contributed by atoms with Crippen LogP contribution in [0.2, 0.25) is 0 Å². The summed E-state index contributed by atoms with van der Waals surface area (Å²) in [6.07, 6.45) is 16.9. The fraction of sp³-hybridized carbons (Fsp3) is 0.889. The van der Waals surface area contributed by atoms with Crippen molar-refractivity contribution >= 4 is 5.97 Å². The van der Waals surface area contributed by atoms with E-state index in [4.69, 9.17) is 4.74 Å². The molecule has 0 amide bonds. The zero-order chi connectivity index (χ0) is 14.5. The molecule has 1 rings (SSSR count). The molecular formula is C18H33O2. The molecule has 117 valence electrons. The third-order valence-corrected chi connectivity index (χ3v) is 4.34. The molecule has 0 unspecified atom stereocenters. The summed E-state index contributed by atoms with van der Waals surface area (Å²) in [6.45, 7) is 4.53. The number of ether oxygens (including phenoxy) is 1. The highest BCUT2D eigenvalue weighted by molar-refractivity contribution is 5.69. The average Bonchev–Trinajstić information content (AvgIpc) is 2.96. The topological polar surface area (TPSA) is 26.3 Å². The summed E-state index contributed by atoms with van der Waals surface area (Å²) in [7, 11) is 0. The average molecular weight is 281 g/mol. The predicted octanol–water partition coefficient (Wildman–Crippen LogP) is 5.45. The van der Waals surface area contributed by atoms with E-state index in [2.05, 4.69) is 6.92 Å².